The van der Waals surface area contributed by atoms with E-state index >= 15 is 0 Å². The zero-order valence-electron chi connectivity index (χ0n) is 15.4. The van der Waals surface area contributed by atoms with Crippen LogP contribution in [-0.4, -0.2) is 46.0 Å². The number of carboxylic acids is 1. The molecule has 0 aliphatic carbocycles. The van der Waals surface area contributed by atoms with Crippen LogP contribution in [0.3, 0.4) is 0 Å². The molecule has 6 nitrogen and oxygen atoms in total. The van der Waals surface area contributed by atoms with Crippen molar-refractivity contribution < 1.29 is 14.7 Å². The van der Waals surface area contributed by atoms with E-state index < -0.39 is 5.97 Å². The lowest BCUT2D eigenvalue weighted by molar-refractivity contribution is -0.139. The zero-order valence-corrected chi connectivity index (χ0v) is 16.2. The van der Waals surface area contributed by atoms with E-state index in [0.717, 1.165) is 24.1 Å². The first-order valence-electron chi connectivity index (χ1n) is 8.69. The number of thiazole rings is 1. The maximum Gasteiger partial charge on any atom is 0.317 e. The van der Waals surface area contributed by atoms with Gasteiger partial charge in [-0.25, -0.2) is 4.98 Å². The fourth-order valence-electron chi connectivity index (χ4n) is 2.53. The molecule has 0 bridgehead atoms. The van der Waals surface area contributed by atoms with Crippen LogP contribution in [0, 0.1) is 0 Å². The predicted molar refractivity (Wildman–Crippen MR) is 105 cm³/mol. The largest absolute Gasteiger partial charge is 0.480 e. The Bertz CT molecular complexity index is 741. The quantitative estimate of drug-likeness (QED) is 0.701. The van der Waals surface area contributed by atoms with Crippen molar-refractivity contribution in [1.29, 1.82) is 0 Å². The molecule has 0 aliphatic heterocycles. The van der Waals surface area contributed by atoms with Gasteiger partial charge in [-0.05, 0) is 25.8 Å². The number of carbonyl (C=O) groups is 2. The average Bonchev–Trinajstić information content (AvgIpc) is 3.03. The summed E-state index contributed by atoms with van der Waals surface area (Å²) in [5, 5.41) is 14.1. The summed E-state index contributed by atoms with van der Waals surface area (Å²) < 4.78 is 0. The molecule has 2 rings (SSSR count). The molecule has 0 saturated carbocycles. The maximum atomic E-state index is 12.2. The third-order valence-electron chi connectivity index (χ3n) is 3.95. The summed E-state index contributed by atoms with van der Waals surface area (Å²) >= 11 is 1.36. The highest BCUT2D eigenvalue weighted by Crippen LogP contribution is 2.25. The maximum absolute atomic E-state index is 12.2. The van der Waals surface area contributed by atoms with Gasteiger partial charge in [-0.1, -0.05) is 37.6 Å². The molecular weight excluding hydrogens is 350 g/mol. The van der Waals surface area contributed by atoms with E-state index in [1.54, 1.807) is 4.90 Å². The standard InChI is InChI=1S/C19H25N3O3S/c1-4-5-14-6-8-15(9-7-14)16-12-26-19(20-16)21-17(23)10-22(13(2)3)11-18(24)25/h6-9,12-13H,4-5,10-11H2,1-3H3,(H,24,25)(H,20,21,23). The topological polar surface area (TPSA) is 82.5 Å². The van der Waals surface area contributed by atoms with Gasteiger partial charge in [0.2, 0.25) is 5.91 Å². The predicted octanol–water partition coefficient (Wildman–Crippen LogP) is 3.50. The molecule has 0 saturated heterocycles. The highest BCUT2D eigenvalue weighted by molar-refractivity contribution is 7.14. The van der Waals surface area contributed by atoms with Crippen LogP contribution in [0.2, 0.25) is 0 Å². The van der Waals surface area contributed by atoms with Crippen LogP contribution < -0.4 is 5.32 Å². The van der Waals surface area contributed by atoms with Gasteiger partial charge in [0.25, 0.3) is 0 Å². The van der Waals surface area contributed by atoms with Crippen molar-refractivity contribution in [3.8, 4) is 11.3 Å². The first-order chi connectivity index (χ1) is 12.4. The summed E-state index contributed by atoms with van der Waals surface area (Å²) in [6.07, 6.45) is 2.17. The lowest BCUT2D eigenvalue weighted by atomic mass is 10.1. The number of aliphatic carboxylic acids is 1. The second kappa shape index (κ2) is 9.45. The number of amides is 1. The van der Waals surface area contributed by atoms with Crippen molar-refractivity contribution in [2.24, 2.45) is 0 Å². The number of nitrogens with zero attached hydrogens (tertiary/aromatic N) is 2. The first kappa shape index (κ1) is 20.1. The number of hydrogen-bond acceptors (Lipinski definition) is 5. The van der Waals surface area contributed by atoms with Crippen molar-refractivity contribution in [3.05, 3.63) is 35.2 Å². The molecule has 1 amide bonds. The van der Waals surface area contributed by atoms with Crippen molar-refractivity contribution in [3.63, 3.8) is 0 Å². The van der Waals surface area contributed by atoms with E-state index in [1.807, 2.05) is 31.4 Å². The van der Waals surface area contributed by atoms with Crippen LogP contribution in [0.25, 0.3) is 11.3 Å². The Hall–Kier alpha value is -2.25. The Labute approximate surface area is 157 Å². The minimum Gasteiger partial charge on any atom is -0.480 e. The van der Waals surface area contributed by atoms with E-state index in [4.69, 9.17) is 5.11 Å². The minimum absolute atomic E-state index is 0.0184. The van der Waals surface area contributed by atoms with Crippen molar-refractivity contribution in [2.45, 2.75) is 39.7 Å². The molecule has 26 heavy (non-hydrogen) atoms. The summed E-state index contributed by atoms with van der Waals surface area (Å²) in [6, 6.07) is 8.24. The highest BCUT2D eigenvalue weighted by Gasteiger charge is 2.18. The second-order valence-corrected chi connectivity index (χ2v) is 7.28. The molecule has 1 aromatic carbocycles. The molecule has 0 spiro atoms. The number of benzene rings is 1. The van der Waals surface area contributed by atoms with Crippen molar-refractivity contribution in [1.82, 2.24) is 9.88 Å². The van der Waals surface area contributed by atoms with Crippen LogP contribution in [0.15, 0.2) is 29.6 Å². The van der Waals surface area contributed by atoms with E-state index in [1.165, 1.54) is 16.9 Å². The lowest BCUT2D eigenvalue weighted by Crippen LogP contribution is -2.41. The Morgan fingerprint density at radius 2 is 1.92 bits per heavy atom. The molecule has 2 aromatic rings. The number of carbonyl (C=O) groups excluding carboxylic acids is 1. The molecule has 2 N–H and O–H groups in total. The van der Waals surface area contributed by atoms with E-state index in [9.17, 15) is 9.59 Å². The number of aryl methyl sites for hydroxylation is 1. The molecule has 0 fully saturated rings. The molecule has 140 valence electrons. The number of rotatable bonds is 9. The molecular formula is C19H25N3O3S. The third kappa shape index (κ3) is 5.93. The molecule has 1 heterocycles. The van der Waals surface area contributed by atoms with Gasteiger partial charge in [0.15, 0.2) is 5.13 Å². The van der Waals surface area contributed by atoms with Gasteiger partial charge in [0.05, 0.1) is 18.8 Å². The fourth-order valence-corrected chi connectivity index (χ4v) is 3.27. The van der Waals surface area contributed by atoms with Gasteiger partial charge in [-0.3, -0.25) is 14.5 Å². The van der Waals surface area contributed by atoms with Crippen LogP contribution >= 0.6 is 11.3 Å². The minimum atomic E-state index is -0.949. The second-order valence-electron chi connectivity index (χ2n) is 6.43. The van der Waals surface area contributed by atoms with E-state index in [-0.39, 0.29) is 25.0 Å². The monoisotopic (exact) mass is 375 g/mol. The van der Waals surface area contributed by atoms with E-state index in [0.29, 0.717) is 5.13 Å². The van der Waals surface area contributed by atoms with Crippen molar-refractivity contribution in [2.75, 3.05) is 18.4 Å². The molecule has 7 heteroatoms. The summed E-state index contributed by atoms with van der Waals surface area (Å²) in [7, 11) is 0. The van der Waals surface area contributed by atoms with Crippen LogP contribution in [-0.2, 0) is 16.0 Å². The van der Waals surface area contributed by atoms with Crippen LogP contribution in [0.1, 0.15) is 32.8 Å². The first-order valence-corrected chi connectivity index (χ1v) is 9.57. The molecule has 1 aromatic heterocycles. The van der Waals surface area contributed by atoms with Gasteiger partial charge < -0.3 is 10.4 Å². The normalized spacial score (nSPS) is 11.1. The van der Waals surface area contributed by atoms with Gasteiger partial charge in [-0.15, -0.1) is 11.3 Å². The third-order valence-corrected chi connectivity index (χ3v) is 4.71. The van der Waals surface area contributed by atoms with Gasteiger partial charge in [0, 0.05) is 17.0 Å². The van der Waals surface area contributed by atoms with Crippen LogP contribution in [0.4, 0.5) is 5.13 Å². The number of nitrogens with one attached hydrogen (secondary N) is 1. The van der Waals surface area contributed by atoms with E-state index in [2.05, 4.69) is 29.4 Å². The number of aromatic nitrogens is 1. The van der Waals surface area contributed by atoms with Gasteiger partial charge in [0.1, 0.15) is 0 Å². The fraction of sp³-hybridized carbons (Fsp3) is 0.421. The smallest absolute Gasteiger partial charge is 0.317 e. The Morgan fingerprint density at radius 1 is 1.23 bits per heavy atom. The van der Waals surface area contributed by atoms with Crippen LogP contribution in [0.5, 0.6) is 0 Å². The van der Waals surface area contributed by atoms with Gasteiger partial charge >= 0.3 is 5.97 Å². The molecule has 0 atom stereocenters. The number of anilines is 1. The molecule has 0 radical (unpaired) electrons. The average molecular weight is 375 g/mol. The summed E-state index contributed by atoms with van der Waals surface area (Å²) in [6.45, 7) is 5.73. The molecule has 0 aliphatic rings. The summed E-state index contributed by atoms with van der Waals surface area (Å²) in [5.74, 6) is -1.21. The number of hydrogen-bond donors (Lipinski definition) is 2. The Balaban J connectivity index is 1.98. The van der Waals surface area contributed by atoms with Crippen molar-refractivity contribution >= 4 is 28.3 Å². The SMILES string of the molecule is CCCc1ccc(-c2csc(NC(=O)CN(CC(=O)O)C(C)C)n2)cc1. The summed E-state index contributed by atoms with van der Waals surface area (Å²) in [4.78, 5) is 29.1. The van der Waals surface area contributed by atoms with Gasteiger partial charge in [-0.2, -0.15) is 0 Å². The Kier molecular flexibility index (Phi) is 7.29. The molecule has 0 unspecified atom stereocenters. The Morgan fingerprint density at radius 3 is 2.50 bits per heavy atom. The number of carboxylic acid groups (broad SMARTS) is 1. The zero-order chi connectivity index (χ0) is 19.1. The summed E-state index contributed by atoms with van der Waals surface area (Å²) in [5.41, 5.74) is 3.13. The lowest BCUT2D eigenvalue weighted by Gasteiger charge is -2.23. The highest BCUT2D eigenvalue weighted by atomic mass is 32.1.